The zero-order chi connectivity index (χ0) is 11.6. The third-order valence-corrected chi connectivity index (χ3v) is 2.22. The second-order valence-corrected chi connectivity index (χ2v) is 3.36. The van der Waals surface area contributed by atoms with Gasteiger partial charge in [-0.15, -0.1) is 0 Å². The average molecular weight is 231 g/mol. The van der Waals surface area contributed by atoms with E-state index in [0.29, 0.717) is 0 Å². The van der Waals surface area contributed by atoms with Crippen LogP contribution >= 0.6 is 11.6 Å². The molecule has 0 saturated carbocycles. The highest BCUT2D eigenvalue weighted by Crippen LogP contribution is 2.29. The summed E-state index contributed by atoms with van der Waals surface area (Å²) in [4.78, 5) is 21.7. The van der Waals surface area contributed by atoms with Crippen LogP contribution in [0, 0.1) is 0 Å². The predicted octanol–water partition coefficient (Wildman–Crippen LogP) is 2.64. The largest absolute Gasteiger partial charge is 0.475 e. The standard InChI is InChI=1S/C10H8ClFO3/c1-5(12)8-6(9(13)10(14)15)3-2-4-7(8)11/h2-5H,1H3,(H,14,15). The Balaban J connectivity index is 3.35. The summed E-state index contributed by atoms with van der Waals surface area (Å²) in [6.07, 6.45) is -1.49. The summed E-state index contributed by atoms with van der Waals surface area (Å²) >= 11 is 5.69. The first-order chi connectivity index (χ1) is 6.95. The zero-order valence-corrected chi connectivity index (χ0v) is 8.58. The maximum Gasteiger partial charge on any atom is 0.377 e. The Labute approximate surface area is 90.5 Å². The normalized spacial score (nSPS) is 12.2. The second kappa shape index (κ2) is 4.40. The molecule has 80 valence electrons. The van der Waals surface area contributed by atoms with E-state index in [1.165, 1.54) is 25.1 Å². The number of benzene rings is 1. The summed E-state index contributed by atoms with van der Waals surface area (Å²) < 4.78 is 13.1. The van der Waals surface area contributed by atoms with E-state index in [4.69, 9.17) is 16.7 Å². The van der Waals surface area contributed by atoms with Crippen LogP contribution < -0.4 is 0 Å². The number of hydrogen-bond donors (Lipinski definition) is 1. The van der Waals surface area contributed by atoms with Crippen LogP contribution in [0.3, 0.4) is 0 Å². The second-order valence-electron chi connectivity index (χ2n) is 2.95. The monoisotopic (exact) mass is 230 g/mol. The maximum absolute atomic E-state index is 13.1. The van der Waals surface area contributed by atoms with Crippen molar-refractivity contribution < 1.29 is 19.1 Å². The third kappa shape index (κ3) is 2.33. The SMILES string of the molecule is CC(F)c1c(Cl)cccc1C(=O)C(=O)O. The maximum atomic E-state index is 13.1. The van der Waals surface area contributed by atoms with Crippen LogP contribution in [-0.2, 0) is 4.79 Å². The number of carboxylic acid groups (broad SMARTS) is 1. The van der Waals surface area contributed by atoms with Crippen LogP contribution in [0.15, 0.2) is 18.2 Å². The van der Waals surface area contributed by atoms with Gasteiger partial charge in [-0.2, -0.15) is 0 Å². The van der Waals surface area contributed by atoms with Gasteiger partial charge in [0.05, 0.1) is 0 Å². The Morgan fingerprint density at radius 1 is 1.47 bits per heavy atom. The highest BCUT2D eigenvalue weighted by molar-refractivity contribution is 6.41. The molecule has 3 nitrogen and oxygen atoms in total. The topological polar surface area (TPSA) is 54.4 Å². The first kappa shape index (κ1) is 11.7. The zero-order valence-electron chi connectivity index (χ0n) is 7.83. The van der Waals surface area contributed by atoms with Crippen molar-refractivity contribution in [1.82, 2.24) is 0 Å². The van der Waals surface area contributed by atoms with Gasteiger partial charge in [0.15, 0.2) is 0 Å². The summed E-state index contributed by atoms with van der Waals surface area (Å²) in [7, 11) is 0. The van der Waals surface area contributed by atoms with E-state index < -0.39 is 17.9 Å². The van der Waals surface area contributed by atoms with Crippen LogP contribution in [0.5, 0.6) is 0 Å². The minimum Gasteiger partial charge on any atom is -0.475 e. The number of rotatable bonds is 3. The molecule has 0 aliphatic rings. The molecule has 0 spiro atoms. The van der Waals surface area contributed by atoms with E-state index in [2.05, 4.69) is 0 Å². The van der Waals surface area contributed by atoms with Crippen molar-refractivity contribution in [2.24, 2.45) is 0 Å². The first-order valence-corrected chi connectivity index (χ1v) is 4.53. The van der Waals surface area contributed by atoms with Crippen molar-refractivity contribution in [3.05, 3.63) is 34.3 Å². The van der Waals surface area contributed by atoms with Crippen LogP contribution in [0.1, 0.15) is 29.0 Å². The molecular weight excluding hydrogens is 223 g/mol. The number of ketones is 1. The van der Waals surface area contributed by atoms with Gasteiger partial charge in [-0.05, 0) is 13.0 Å². The molecule has 0 fully saturated rings. The number of aliphatic carboxylic acids is 1. The number of carbonyl (C=O) groups excluding carboxylic acids is 1. The summed E-state index contributed by atoms with van der Waals surface area (Å²) in [5.74, 6) is -2.78. The molecule has 1 N–H and O–H groups in total. The number of carbonyl (C=O) groups is 2. The summed E-state index contributed by atoms with van der Waals surface area (Å²) in [5, 5.41) is 8.57. The van der Waals surface area contributed by atoms with E-state index in [1.54, 1.807) is 0 Å². The smallest absolute Gasteiger partial charge is 0.377 e. The highest BCUT2D eigenvalue weighted by atomic mass is 35.5. The van der Waals surface area contributed by atoms with E-state index in [1.807, 2.05) is 0 Å². The van der Waals surface area contributed by atoms with E-state index >= 15 is 0 Å². The molecule has 0 heterocycles. The minimum absolute atomic E-state index is 0.0529. The van der Waals surface area contributed by atoms with E-state index in [9.17, 15) is 14.0 Å². The van der Waals surface area contributed by atoms with Gasteiger partial charge in [-0.25, -0.2) is 9.18 Å². The van der Waals surface area contributed by atoms with E-state index in [-0.39, 0.29) is 16.1 Å². The highest BCUT2D eigenvalue weighted by Gasteiger charge is 2.22. The molecule has 0 radical (unpaired) electrons. The molecule has 1 atom stereocenters. The first-order valence-electron chi connectivity index (χ1n) is 4.15. The molecule has 1 rings (SSSR count). The molecule has 15 heavy (non-hydrogen) atoms. The lowest BCUT2D eigenvalue weighted by molar-refractivity contribution is -0.131. The number of alkyl halides is 1. The average Bonchev–Trinajstić information content (AvgIpc) is 2.15. The van der Waals surface area contributed by atoms with Gasteiger partial charge in [-0.3, -0.25) is 4.79 Å². The Morgan fingerprint density at radius 2 is 2.07 bits per heavy atom. The van der Waals surface area contributed by atoms with Gasteiger partial charge in [-0.1, -0.05) is 23.7 Å². The van der Waals surface area contributed by atoms with E-state index in [0.717, 1.165) is 0 Å². The fourth-order valence-electron chi connectivity index (χ4n) is 1.25. The Kier molecular flexibility index (Phi) is 3.42. The van der Waals surface area contributed by atoms with Crippen LogP contribution in [0.2, 0.25) is 5.02 Å². The summed E-state index contributed by atoms with van der Waals surface area (Å²) in [6.45, 7) is 1.19. The van der Waals surface area contributed by atoms with Gasteiger partial charge >= 0.3 is 5.97 Å². The molecule has 0 aliphatic carbocycles. The Bertz CT molecular complexity index is 415. The fraction of sp³-hybridized carbons (Fsp3) is 0.200. The van der Waals surface area contributed by atoms with Crippen molar-refractivity contribution >= 4 is 23.4 Å². The molecule has 5 heteroatoms. The van der Waals surface area contributed by atoms with Gasteiger partial charge in [0, 0.05) is 16.1 Å². The van der Waals surface area contributed by atoms with Gasteiger partial charge < -0.3 is 5.11 Å². The van der Waals surface area contributed by atoms with Crippen molar-refractivity contribution in [2.75, 3.05) is 0 Å². The fourth-order valence-corrected chi connectivity index (χ4v) is 1.58. The molecule has 1 unspecified atom stereocenters. The predicted molar refractivity (Wildman–Crippen MR) is 52.9 cm³/mol. The third-order valence-electron chi connectivity index (χ3n) is 1.89. The van der Waals surface area contributed by atoms with Gasteiger partial charge in [0.1, 0.15) is 6.17 Å². The molecule has 0 saturated heterocycles. The van der Waals surface area contributed by atoms with Crippen LogP contribution in [0.25, 0.3) is 0 Å². The number of carboxylic acids is 1. The van der Waals surface area contributed by atoms with Crippen molar-refractivity contribution in [2.45, 2.75) is 13.1 Å². The van der Waals surface area contributed by atoms with Crippen LogP contribution in [-0.4, -0.2) is 16.9 Å². The molecule has 0 bridgehead atoms. The van der Waals surface area contributed by atoms with Crippen molar-refractivity contribution in [1.29, 1.82) is 0 Å². The minimum atomic E-state index is -1.63. The number of Topliss-reactive ketones (excluding diaryl/α,β-unsaturated/α-hetero) is 1. The lowest BCUT2D eigenvalue weighted by Gasteiger charge is -2.09. The van der Waals surface area contributed by atoms with Gasteiger partial charge in [0.25, 0.3) is 5.78 Å². The van der Waals surface area contributed by atoms with Crippen molar-refractivity contribution in [3.8, 4) is 0 Å². The Hall–Kier alpha value is -1.42. The Morgan fingerprint density at radius 3 is 2.53 bits per heavy atom. The lowest BCUT2D eigenvalue weighted by atomic mass is 10.0. The molecule has 1 aromatic rings. The lowest BCUT2D eigenvalue weighted by Crippen LogP contribution is -2.15. The van der Waals surface area contributed by atoms with Crippen molar-refractivity contribution in [3.63, 3.8) is 0 Å². The quantitative estimate of drug-likeness (QED) is 0.642. The number of halogens is 2. The van der Waals surface area contributed by atoms with Gasteiger partial charge in [0.2, 0.25) is 0 Å². The van der Waals surface area contributed by atoms with Crippen LogP contribution in [0.4, 0.5) is 4.39 Å². The summed E-state index contributed by atoms with van der Waals surface area (Å²) in [5.41, 5.74) is -0.281. The molecule has 1 aromatic carbocycles. The molecule has 0 aliphatic heterocycles. The molecule has 0 aromatic heterocycles. The summed E-state index contributed by atoms with van der Waals surface area (Å²) in [6, 6.07) is 4.06. The molecule has 0 amide bonds. The molecular formula is C10H8ClFO3. The number of hydrogen-bond acceptors (Lipinski definition) is 2.